The molecule has 3 heteroatoms. The fraction of sp³-hybridized carbons (Fsp3) is 0.500. The van der Waals surface area contributed by atoms with Crippen molar-refractivity contribution in [1.29, 1.82) is 0 Å². The Labute approximate surface area is 102 Å². The van der Waals surface area contributed by atoms with Crippen LogP contribution < -0.4 is 10.1 Å². The van der Waals surface area contributed by atoms with Crippen molar-refractivity contribution in [2.45, 2.75) is 39.7 Å². The van der Waals surface area contributed by atoms with Crippen molar-refractivity contribution < 1.29 is 9.53 Å². The summed E-state index contributed by atoms with van der Waals surface area (Å²) in [7, 11) is 0. The lowest BCUT2D eigenvalue weighted by Crippen LogP contribution is -2.26. The summed E-state index contributed by atoms with van der Waals surface area (Å²) in [5.41, 5.74) is 2.74. The maximum absolute atomic E-state index is 12.0. The van der Waals surface area contributed by atoms with Crippen molar-refractivity contribution in [2.24, 2.45) is 0 Å². The normalized spacial score (nSPS) is 14.5. The van der Waals surface area contributed by atoms with Gasteiger partial charge >= 0.3 is 0 Å². The van der Waals surface area contributed by atoms with E-state index in [-0.39, 0.29) is 5.91 Å². The van der Waals surface area contributed by atoms with Crippen LogP contribution in [0.25, 0.3) is 0 Å². The van der Waals surface area contributed by atoms with E-state index < -0.39 is 0 Å². The van der Waals surface area contributed by atoms with Crippen molar-refractivity contribution >= 4 is 5.91 Å². The Morgan fingerprint density at radius 3 is 2.65 bits per heavy atom. The second-order valence-corrected chi connectivity index (χ2v) is 4.61. The summed E-state index contributed by atoms with van der Waals surface area (Å²) in [6.07, 6.45) is 2.22. The zero-order chi connectivity index (χ0) is 12.4. The number of hydrogen-bond donors (Lipinski definition) is 1. The molecule has 0 radical (unpaired) electrons. The smallest absolute Gasteiger partial charge is 0.251 e. The van der Waals surface area contributed by atoms with Gasteiger partial charge in [-0.2, -0.15) is 0 Å². The third-order valence-corrected chi connectivity index (χ3v) is 2.98. The molecule has 17 heavy (non-hydrogen) atoms. The highest BCUT2D eigenvalue weighted by atomic mass is 16.5. The van der Waals surface area contributed by atoms with E-state index in [0.717, 1.165) is 35.3 Å². The Morgan fingerprint density at radius 1 is 1.35 bits per heavy atom. The summed E-state index contributed by atoms with van der Waals surface area (Å²) < 4.78 is 5.51. The van der Waals surface area contributed by atoms with Gasteiger partial charge in [0.1, 0.15) is 5.75 Å². The van der Waals surface area contributed by atoms with E-state index in [4.69, 9.17) is 4.74 Å². The standard InChI is InChI=1S/C14H19NO2/c1-4-17-13-8-9(2)12(7-10(13)3)14(16)15-11-5-6-11/h7-8,11H,4-6H2,1-3H3,(H,15,16). The van der Waals surface area contributed by atoms with Crippen LogP contribution in [0.4, 0.5) is 0 Å². The van der Waals surface area contributed by atoms with Gasteiger partial charge in [0.2, 0.25) is 0 Å². The fourth-order valence-corrected chi connectivity index (χ4v) is 1.84. The summed E-state index contributed by atoms with van der Waals surface area (Å²) >= 11 is 0. The van der Waals surface area contributed by atoms with Crippen LogP contribution in [0.1, 0.15) is 41.3 Å². The number of ether oxygens (including phenoxy) is 1. The average molecular weight is 233 g/mol. The highest BCUT2D eigenvalue weighted by Crippen LogP contribution is 2.24. The van der Waals surface area contributed by atoms with E-state index in [0.29, 0.717) is 12.6 Å². The van der Waals surface area contributed by atoms with Crippen molar-refractivity contribution in [2.75, 3.05) is 6.61 Å². The molecule has 0 bridgehead atoms. The maximum atomic E-state index is 12.0. The number of hydrogen-bond acceptors (Lipinski definition) is 2. The first kappa shape index (κ1) is 12.0. The monoisotopic (exact) mass is 233 g/mol. The van der Waals surface area contributed by atoms with Crippen LogP contribution in [0.5, 0.6) is 5.75 Å². The van der Waals surface area contributed by atoms with Crippen molar-refractivity contribution in [3.63, 3.8) is 0 Å². The van der Waals surface area contributed by atoms with E-state index in [2.05, 4.69) is 5.32 Å². The van der Waals surface area contributed by atoms with Gasteiger partial charge in [-0.1, -0.05) is 0 Å². The molecule has 0 aromatic heterocycles. The number of rotatable bonds is 4. The van der Waals surface area contributed by atoms with Gasteiger partial charge in [0.15, 0.2) is 0 Å². The van der Waals surface area contributed by atoms with Crippen LogP contribution in [0.3, 0.4) is 0 Å². The molecular weight excluding hydrogens is 214 g/mol. The van der Waals surface area contributed by atoms with Crippen molar-refractivity contribution in [3.8, 4) is 5.75 Å². The molecule has 92 valence electrons. The zero-order valence-electron chi connectivity index (χ0n) is 10.7. The summed E-state index contributed by atoms with van der Waals surface area (Å²) in [6.45, 7) is 6.53. The molecule has 1 fully saturated rings. The summed E-state index contributed by atoms with van der Waals surface area (Å²) in [5, 5.41) is 3.01. The number of benzene rings is 1. The molecule has 1 aromatic carbocycles. The molecule has 1 amide bonds. The Hall–Kier alpha value is -1.51. The Kier molecular flexibility index (Phi) is 3.36. The van der Waals surface area contributed by atoms with Gasteiger partial charge in [-0.05, 0) is 56.9 Å². The topological polar surface area (TPSA) is 38.3 Å². The first-order chi connectivity index (χ1) is 8.11. The lowest BCUT2D eigenvalue weighted by atomic mass is 10.0. The molecule has 0 heterocycles. The van der Waals surface area contributed by atoms with Crippen LogP contribution in [-0.2, 0) is 0 Å². The quantitative estimate of drug-likeness (QED) is 0.868. The van der Waals surface area contributed by atoms with E-state index >= 15 is 0 Å². The summed E-state index contributed by atoms with van der Waals surface area (Å²) in [5.74, 6) is 0.907. The molecule has 0 aliphatic heterocycles. The lowest BCUT2D eigenvalue weighted by molar-refractivity contribution is 0.0950. The Bertz CT molecular complexity index is 436. The number of nitrogens with one attached hydrogen (secondary N) is 1. The minimum absolute atomic E-state index is 0.0381. The second-order valence-electron chi connectivity index (χ2n) is 4.61. The van der Waals surface area contributed by atoms with Gasteiger partial charge in [0.05, 0.1) is 6.61 Å². The second kappa shape index (κ2) is 4.78. The Balaban J connectivity index is 2.21. The summed E-state index contributed by atoms with van der Waals surface area (Å²) in [4.78, 5) is 12.0. The van der Waals surface area contributed by atoms with Crippen LogP contribution in [0, 0.1) is 13.8 Å². The predicted molar refractivity (Wildman–Crippen MR) is 67.6 cm³/mol. The van der Waals surface area contributed by atoms with Gasteiger partial charge < -0.3 is 10.1 Å². The molecule has 0 unspecified atom stereocenters. The third kappa shape index (κ3) is 2.78. The molecule has 1 aliphatic carbocycles. The number of carbonyl (C=O) groups is 1. The average Bonchev–Trinajstić information content (AvgIpc) is 3.07. The van der Waals surface area contributed by atoms with Crippen molar-refractivity contribution in [3.05, 3.63) is 28.8 Å². The van der Waals surface area contributed by atoms with Crippen LogP contribution in [0.15, 0.2) is 12.1 Å². The number of aryl methyl sites for hydroxylation is 2. The molecule has 0 spiro atoms. The van der Waals surface area contributed by atoms with E-state index in [9.17, 15) is 4.79 Å². The molecule has 0 saturated heterocycles. The highest BCUT2D eigenvalue weighted by molar-refractivity contribution is 5.96. The van der Waals surface area contributed by atoms with Gasteiger partial charge in [0, 0.05) is 11.6 Å². The predicted octanol–water partition coefficient (Wildman–Crippen LogP) is 2.59. The van der Waals surface area contributed by atoms with Crippen LogP contribution in [-0.4, -0.2) is 18.6 Å². The largest absolute Gasteiger partial charge is 0.494 e. The molecule has 0 atom stereocenters. The van der Waals surface area contributed by atoms with Gasteiger partial charge in [-0.3, -0.25) is 4.79 Å². The molecule has 3 nitrogen and oxygen atoms in total. The maximum Gasteiger partial charge on any atom is 0.251 e. The molecule has 1 aromatic rings. The van der Waals surface area contributed by atoms with E-state index in [1.807, 2.05) is 32.9 Å². The Morgan fingerprint density at radius 2 is 2.06 bits per heavy atom. The molecule has 1 aliphatic rings. The lowest BCUT2D eigenvalue weighted by Gasteiger charge is -2.12. The zero-order valence-corrected chi connectivity index (χ0v) is 10.7. The van der Waals surface area contributed by atoms with Crippen LogP contribution >= 0.6 is 0 Å². The minimum Gasteiger partial charge on any atom is -0.494 e. The van der Waals surface area contributed by atoms with Crippen LogP contribution in [0.2, 0.25) is 0 Å². The summed E-state index contributed by atoms with van der Waals surface area (Å²) in [6, 6.07) is 4.26. The first-order valence-corrected chi connectivity index (χ1v) is 6.16. The number of carbonyl (C=O) groups excluding carboxylic acids is 1. The van der Waals surface area contributed by atoms with E-state index in [1.165, 1.54) is 0 Å². The molecule has 1 N–H and O–H groups in total. The SMILES string of the molecule is CCOc1cc(C)c(C(=O)NC2CC2)cc1C. The van der Waals surface area contributed by atoms with Gasteiger partial charge in [-0.25, -0.2) is 0 Å². The number of amides is 1. The van der Waals surface area contributed by atoms with Gasteiger partial charge in [0.25, 0.3) is 5.91 Å². The molecular formula is C14H19NO2. The minimum atomic E-state index is 0.0381. The molecule has 1 saturated carbocycles. The molecule has 2 rings (SSSR count). The first-order valence-electron chi connectivity index (χ1n) is 6.16. The highest BCUT2D eigenvalue weighted by Gasteiger charge is 2.24. The fourth-order valence-electron chi connectivity index (χ4n) is 1.84. The van der Waals surface area contributed by atoms with E-state index in [1.54, 1.807) is 0 Å². The van der Waals surface area contributed by atoms with Crippen molar-refractivity contribution in [1.82, 2.24) is 5.32 Å². The van der Waals surface area contributed by atoms with Gasteiger partial charge in [-0.15, -0.1) is 0 Å². The third-order valence-electron chi connectivity index (χ3n) is 2.98.